The molecule has 0 spiro atoms. The molecule has 0 atom stereocenters. The highest BCUT2D eigenvalue weighted by atomic mass is 32.2. The molecule has 0 saturated heterocycles. The summed E-state index contributed by atoms with van der Waals surface area (Å²) in [6, 6.07) is 6.63. The molecule has 0 aliphatic rings. The lowest BCUT2D eigenvalue weighted by Crippen LogP contribution is -2.10. The highest BCUT2D eigenvalue weighted by molar-refractivity contribution is 7.86. The molecule has 2 aromatic rings. The molecule has 7 nitrogen and oxygen atoms in total. The number of ether oxygens (including phenoxy) is 1. The molecule has 2 rings (SSSR count). The van der Waals surface area contributed by atoms with Gasteiger partial charge in [-0.1, -0.05) is 6.07 Å². The lowest BCUT2D eigenvalue weighted by atomic mass is 10.1. The number of hydrogen-bond donors (Lipinski definition) is 3. The molecule has 0 aliphatic heterocycles. The van der Waals surface area contributed by atoms with Crippen molar-refractivity contribution in [3.05, 3.63) is 30.3 Å². The second kappa shape index (κ2) is 4.99. The molecular weight excluding hydrogens is 286 g/mol. The molecule has 0 fully saturated rings. The largest absolute Gasteiger partial charge is 0.508 e. The van der Waals surface area contributed by atoms with Crippen molar-refractivity contribution < 1.29 is 27.6 Å². The maximum Gasteiger partial charge on any atom is 0.411 e. The Kier molecular flexibility index (Phi) is 3.51. The van der Waals surface area contributed by atoms with E-state index >= 15 is 0 Å². The second-order valence-electron chi connectivity index (χ2n) is 3.97. The lowest BCUT2D eigenvalue weighted by molar-refractivity contribution is 0.187. The molecule has 106 valence electrons. The number of hydrogen-bond acceptors (Lipinski definition) is 5. The van der Waals surface area contributed by atoms with Crippen molar-refractivity contribution in [2.24, 2.45) is 0 Å². The van der Waals surface area contributed by atoms with Crippen molar-refractivity contribution in [3.8, 4) is 5.75 Å². The van der Waals surface area contributed by atoms with Crippen LogP contribution in [0.25, 0.3) is 10.8 Å². The Balaban J connectivity index is 2.66. The summed E-state index contributed by atoms with van der Waals surface area (Å²) in [5, 5.41) is 12.4. The molecule has 2 aromatic carbocycles. The number of carbonyl (C=O) groups is 1. The molecular formula is C12H11NO6S. The van der Waals surface area contributed by atoms with Crippen LogP contribution in [0.5, 0.6) is 5.75 Å². The molecule has 0 heterocycles. The van der Waals surface area contributed by atoms with E-state index in [-0.39, 0.29) is 11.1 Å². The van der Waals surface area contributed by atoms with E-state index in [0.29, 0.717) is 11.1 Å². The number of amides is 1. The van der Waals surface area contributed by atoms with Crippen molar-refractivity contribution >= 4 is 32.7 Å². The molecule has 0 saturated carbocycles. The number of benzene rings is 2. The number of methoxy groups -OCH3 is 1. The Hall–Kier alpha value is -2.32. The number of carbonyl (C=O) groups excluding carboxylic acids is 1. The van der Waals surface area contributed by atoms with Crippen molar-refractivity contribution in [1.29, 1.82) is 0 Å². The number of rotatable bonds is 2. The van der Waals surface area contributed by atoms with Gasteiger partial charge in [-0.3, -0.25) is 9.87 Å². The van der Waals surface area contributed by atoms with Crippen molar-refractivity contribution in [3.63, 3.8) is 0 Å². The van der Waals surface area contributed by atoms with Crippen LogP contribution in [0.1, 0.15) is 0 Å². The van der Waals surface area contributed by atoms with Crippen LogP contribution in [0.15, 0.2) is 35.2 Å². The number of anilines is 1. The number of nitrogens with one attached hydrogen (secondary N) is 1. The first kappa shape index (κ1) is 14.1. The summed E-state index contributed by atoms with van der Waals surface area (Å²) < 4.78 is 36.2. The standard InChI is InChI=1S/C12H11NO6S/c1-19-12(15)13-8-3-2-7-4-9(14)6-11(10(7)5-8)20(16,17)18/h2-6,14H,1H3,(H,13,15)(H,16,17,18). The molecule has 0 unspecified atom stereocenters. The molecule has 0 aromatic heterocycles. The average Bonchev–Trinajstić information content (AvgIpc) is 2.37. The van der Waals surface area contributed by atoms with E-state index in [0.717, 1.165) is 6.07 Å². The Labute approximate surface area is 114 Å². The Morgan fingerprint density at radius 3 is 2.55 bits per heavy atom. The van der Waals surface area contributed by atoms with E-state index in [4.69, 9.17) is 0 Å². The molecule has 0 bridgehead atoms. The van der Waals surface area contributed by atoms with Gasteiger partial charge in [0.2, 0.25) is 0 Å². The van der Waals surface area contributed by atoms with Gasteiger partial charge in [0.05, 0.1) is 7.11 Å². The predicted molar refractivity (Wildman–Crippen MR) is 71.5 cm³/mol. The van der Waals surface area contributed by atoms with Crippen LogP contribution in [-0.2, 0) is 14.9 Å². The predicted octanol–water partition coefficient (Wildman–Crippen LogP) is 1.97. The molecule has 3 N–H and O–H groups in total. The van der Waals surface area contributed by atoms with E-state index in [9.17, 15) is 22.9 Å². The minimum atomic E-state index is -4.51. The summed E-state index contributed by atoms with van der Waals surface area (Å²) in [6.07, 6.45) is -0.712. The van der Waals surface area contributed by atoms with Gasteiger partial charge in [-0.05, 0) is 23.6 Å². The third-order valence-corrected chi connectivity index (χ3v) is 3.50. The van der Waals surface area contributed by atoms with Crippen LogP contribution < -0.4 is 5.32 Å². The van der Waals surface area contributed by atoms with Crippen LogP contribution in [0.2, 0.25) is 0 Å². The van der Waals surface area contributed by atoms with E-state index in [1.54, 1.807) is 0 Å². The highest BCUT2D eigenvalue weighted by Crippen LogP contribution is 2.30. The smallest absolute Gasteiger partial charge is 0.411 e. The monoisotopic (exact) mass is 297 g/mol. The van der Waals surface area contributed by atoms with Gasteiger partial charge in [-0.25, -0.2) is 4.79 Å². The maximum atomic E-state index is 11.3. The van der Waals surface area contributed by atoms with Gasteiger partial charge in [0.25, 0.3) is 10.1 Å². The fraction of sp³-hybridized carbons (Fsp3) is 0.0833. The number of phenolic OH excluding ortho intramolecular Hbond substituents is 1. The number of aromatic hydroxyl groups is 1. The molecule has 8 heteroatoms. The number of phenols is 1. The third kappa shape index (κ3) is 2.81. The Bertz CT molecular complexity index is 784. The second-order valence-corrected chi connectivity index (χ2v) is 5.36. The lowest BCUT2D eigenvalue weighted by Gasteiger charge is -2.08. The summed E-state index contributed by atoms with van der Waals surface area (Å²) in [5.74, 6) is -0.293. The highest BCUT2D eigenvalue weighted by Gasteiger charge is 2.16. The van der Waals surface area contributed by atoms with Crippen LogP contribution >= 0.6 is 0 Å². The van der Waals surface area contributed by atoms with E-state index in [1.165, 1.54) is 31.4 Å². The van der Waals surface area contributed by atoms with Crippen LogP contribution in [0.4, 0.5) is 10.5 Å². The van der Waals surface area contributed by atoms with E-state index in [1.807, 2.05) is 0 Å². The van der Waals surface area contributed by atoms with Gasteiger partial charge in [0.1, 0.15) is 10.6 Å². The quantitative estimate of drug-likeness (QED) is 0.730. The molecule has 0 radical (unpaired) electrons. The summed E-state index contributed by atoms with van der Waals surface area (Å²) in [5.41, 5.74) is 0.292. The zero-order chi connectivity index (χ0) is 14.9. The molecule has 0 aliphatic carbocycles. The number of fused-ring (bicyclic) bond motifs is 1. The maximum absolute atomic E-state index is 11.3. The minimum Gasteiger partial charge on any atom is -0.508 e. The SMILES string of the molecule is COC(=O)Nc1ccc2cc(O)cc(S(=O)(=O)O)c2c1. The van der Waals surface area contributed by atoms with E-state index < -0.39 is 21.1 Å². The first-order chi connectivity index (χ1) is 9.31. The van der Waals surface area contributed by atoms with Crippen LogP contribution in [-0.4, -0.2) is 31.3 Å². The van der Waals surface area contributed by atoms with Crippen LogP contribution in [0, 0.1) is 0 Å². The first-order valence-corrected chi connectivity index (χ1v) is 6.84. The Morgan fingerprint density at radius 2 is 1.95 bits per heavy atom. The van der Waals surface area contributed by atoms with Crippen LogP contribution in [0.3, 0.4) is 0 Å². The summed E-state index contributed by atoms with van der Waals surface area (Å²) in [4.78, 5) is 10.7. The van der Waals surface area contributed by atoms with Crippen molar-refractivity contribution in [2.45, 2.75) is 4.90 Å². The minimum absolute atomic E-state index is 0.166. The fourth-order valence-electron chi connectivity index (χ4n) is 1.77. The van der Waals surface area contributed by atoms with Crippen molar-refractivity contribution in [2.75, 3.05) is 12.4 Å². The van der Waals surface area contributed by atoms with Crippen molar-refractivity contribution in [1.82, 2.24) is 0 Å². The summed E-state index contributed by atoms with van der Waals surface area (Å²) in [7, 11) is -3.31. The van der Waals surface area contributed by atoms with Gasteiger partial charge in [-0.2, -0.15) is 8.42 Å². The summed E-state index contributed by atoms with van der Waals surface area (Å²) in [6.45, 7) is 0. The molecule has 1 amide bonds. The van der Waals surface area contributed by atoms with E-state index in [2.05, 4.69) is 10.1 Å². The third-order valence-electron chi connectivity index (χ3n) is 2.61. The topological polar surface area (TPSA) is 113 Å². The molecule has 20 heavy (non-hydrogen) atoms. The normalized spacial score (nSPS) is 11.3. The van der Waals surface area contributed by atoms with Gasteiger partial charge < -0.3 is 9.84 Å². The first-order valence-electron chi connectivity index (χ1n) is 5.40. The fourth-order valence-corrected chi connectivity index (χ4v) is 2.49. The Morgan fingerprint density at radius 1 is 1.25 bits per heavy atom. The van der Waals surface area contributed by atoms with Gasteiger partial charge in [-0.15, -0.1) is 0 Å². The van der Waals surface area contributed by atoms with Gasteiger partial charge >= 0.3 is 6.09 Å². The van der Waals surface area contributed by atoms with Gasteiger partial charge in [0.15, 0.2) is 0 Å². The zero-order valence-corrected chi connectivity index (χ0v) is 11.1. The average molecular weight is 297 g/mol. The van der Waals surface area contributed by atoms with Gasteiger partial charge in [0, 0.05) is 17.1 Å². The summed E-state index contributed by atoms with van der Waals surface area (Å²) >= 11 is 0. The zero-order valence-electron chi connectivity index (χ0n) is 10.3.